The van der Waals surface area contributed by atoms with Crippen LogP contribution < -0.4 is 5.43 Å². The number of nitrogens with zero attached hydrogens (tertiary/aromatic N) is 1. The summed E-state index contributed by atoms with van der Waals surface area (Å²) >= 11 is 9.88. The zero-order valence-electron chi connectivity index (χ0n) is 13.6. The van der Waals surface area contributed by atoms with Gasteiger partial charge in [0.25, 0.3) is 5.91 Å². The Morgan fingerprint density at radius 1 is 1.27 bits per heavy atom. The molecule has 6 nitrogen and oxygen atoms in total. The minimum Gasteiger partial charge on any atom is -0.506 e. The highest BCUT2D eigenvalue weighted by atomic mass is 79.9. The van der Waals surface area contributed by atoms with Gasteiger partial charge in [-0.05, 0) is 68.7 Å². The number of rotatable bonds is 6. The largest absolute Gasteiger partial charge is 0.506 e. The van der Waals surface area contributed by atoms with E-state index in [9.17, 15) is 9.90 Å². The number of hydrogen-bond acceptors (Lipinski definition) is 5. The van der Waals surface area contributed by atoms with Gasteiger partial charge < -0.3 is 14.6 Å². The number of carbonyl (C=O) groups excluding carboxylic acids is 1. The molecule has 2 rings (SSSR count). The number of hydrazone groups is 1. The standard InChI is InChI=1S/C17H15Br3N2O4/c1-25-10-3-2-4-11(6-5-10)26-9-15(23)22-21-8-12-13(18)7-14(19)17(24)16(12)20/h3-8,24H,2,9H2,1H3,(H,22,23)/b21-8+. The van der Waals surface area contributed by atoms with Crippen LogP contribution in [0, 0.1) is 0 Å². The lowest BCUT2D eigenvalue weighted by atomic mass is 10.2. The minimum atomic E-state index is -0.409. The van der Waals surface area contributed by atoms with Gasteiger partial charge >= 0.3 is 0 Å². The zero-order valence-corrected chi connectivity index (χ0v) is 18.4. The van der Waals surface area contributed by atoms with E-state index < -0.39 is 5.91 Å². The third-order valence-electron chi connectivity index (χ3n) is 3.22. The van der Waals surface area contributed by atoms with Crippen LogP contribution >= 0.6 is 47.8 Å². The van der Waals surface area contributed by atoms with Gasteiger partial charge in [0.15, 0.2) is 6.61 Å². The maximum atomic E-state index is 11.9. The lowest BCUT2D eigenvalue weighted by Crippen LogP contribution is -2.22. The molecule has 0 aliphatic heterocycles. The fraction of sp³-hybridized carbons (Fsp3) is 0.176. The molecule has 1 aliphatic rings. The van der Waals surface area contributed by atoms with Gasteiger partial charge in [0.1, 0.15) is 17.3 Å². The van der Waals surface area contributed by atoms with Crippen LogP contribution in [0.15, 0.2) is 60.4 Å². The van der Waals surface area contributed by atoms with Gasteiger partial charge in [0.05, 0.1) is 22.3 Å². The molecule has 0 heterocycles. The number of phenols is 1. The van der Waals surface area contributed by atoms with Crippen LogP contribution in [0.2, 0.25) is 0 Å². The van der Waals surface area contributed by atoms with Crippen LogP contribution in [-0.4, -0.2) is 30.9 Å². The van der Waals surface area contributed by atoms with Gasteiger partial charge in [-0.25, -0.2) is 5.43 Å². The Bertz CT molecular complexity index is 817. The lowest BCUT2D eigenvalue weighted by molar-refractivity contribution is -0.124. The van der Waals surface area contributed by atoms with Crippen molar-refractivity contribution in [3.8, 4) is 5.75 Å². The van der Waals surface area contributed by atoms with E-state index in [1.807, 2.05) is 12.2 Å². The van der Waals surface area contributed by atoms with Crippen molar-refractivity contribution in [2.24, 2.45) is 5.10 Å². The van der Waals surface area contributed by atoms with Crippen molar-refractivity contribution >= 4 is 59.9 Å². The normalized spacial score (nSPS) is 13.8. The predicted molar refractivity (Wildman–Crippen MR) is 110 cm³/mol. The Kier molecular flexibility index (Phi) is 7.92. The van der Waals surface area contributed by atoms with Gasteiger partial charge in [-0.2, -0.15) is 5.10 Å². The summed E-state index contributed by atoms with van der Waals surface area (Å²) in [7, 11) is 1.59. The van der Waals surface area contributed by atoms with Crippen molar-refractivity contribution in [2.45, 2.75) is 6.42 Å². The number of nitrogens with one attached hydrogen (secondary N) is 1. The van der Waals surface area contributed by atoms with E-state index in [0.29, 0.717) is 31.2 Å². The summed E-state index contributed by atoms with van der Waals surface area (Å²) in [5.41, 5.74) is 2.96. The molecule has 9 heteroatoms. The summed E-state index contributed by atoms with van der Waals surface area (Å²) in [5.74, 6) is 0.951. The number of amides is 1. The molecule has 0 saturated heterocycles. The molecule has 0 atom stereocenters. The van der Waals surface area contributed by atoms with Crippen molar-refractivity contribution in [1.82, 2.24) is 5.43 Å². The summed E-state index contributed by atoms with van der Waals surface area (Å²) in [5, 5.41) is 13.8. The number of benzene rings is 1. The van der Waals surface area contributed by atoms with Gasteiger partial charge in [0, 0.05) is 10.0 Å². The molecule has 1 aliphatic carbocycles. The average Bonchev–Trinajstić information content (AvgIpc) is 2.86. The molecule has 0 fully saturated rings. The summed E-state index contributed by atoms with van der Waals surface area (Å²) < 4.78 is 12.2. The average molecular weight is 551 g/mol. The molecular weight excluding hydrogens is 536 g/mol. The summed E-state index contributed by atoms with van der Waals surface area (Å²) in [6.45, 7) is -0.177. The Labute approximate surface area is 176 Å². The van der Waals surface area contributed by atoms with E-state index in [1.165, 1.54) is 6.21 Å². The smallest absolute Gasteiger partial charge is 0.277 e. The Morgan fingerprint density at radius 2 is 1.96 bits per heavy atom. The van der Waals surface area contributed by atoms with Gasteiger partial charge in [-0.3, -0.25) is 4.79 Å². The highest BCUT2D eigenvalue weighted by Crippen LogP contribution is 2.38. The first kappa shape index (κ1) is 20.7. The van der Waals surface area contributed by atoms with Crippen molar-refractivity contribution in [1.29, 1.82) is 0 Å². The van der Waals surface area contributed by atoms with E-state index in [1.54, 1.807) is 25.3 Å². The molecule has 1 amide bonds. The van der Waals surface area contributed by atoms with Gasteiger partial charge in [0.2, 0.25) is 0 Å². The number of halogens is 3. The number of methoxy groups -OCH3 is 1. The summed E-state index contributed by atoms with van der Waals surface area (Å²) in [6, 6.07) is 1.68. The predicted octanol–water partition coefficient (Wildman–Crippen LogP) is 4.52. The lowest BCUT2D eigenvalue weighted by Gasteiger charge is -2.07. The van der Waals surface area contributed by atoms with E-state index in [2.05, 4.69) is 58.3 Å². The summed E-state index contributed by atoms with van der Waals surface area (Å²) in [6.07, 6.45) is 9.32. The van der Waals surface area contributed by atoms with Crippen molar-refractivity contribution in [2.75, 3.05) is 13.7 Å². The van der Waals surface area contributed by atoms with E-state index >= 15 is 0 Å². The van der Waals surface area contributed by atoms with Crippen molar-refractivity contribution in [3.05, 3.63) is 60.9 Å². The molecular formula is C17H15Br3N2O4. The molecule has 0 saturated carbocycles. The quantitative estimate of drug-likeness (QED) is 0.403. The fourth-order valence-corrected chi connectivity index (χ4v) is 4.24. The number of phenolic OH excluding ortho intramolecular Hbond substituents is 1. The Morgan fingerprint density at radius 3 is 2.69 bits per heavy atom. The first-order valence-corrected chi connectivity index (χ1v) is 9.73. The fourth-order valence-electron chi connectivity index (χ4n) is 1.91. The molecule has 0 spiro atoms. The SMILES string of the molecule is COC1=CCC=C(OCC(=O)N/N=C/c2c(Br)cc(Br)c(O)c2Br)C=C1. The molecule has 2 N–H and O–H groups in total. The molecule has 1 aromatic rings. The maximum absolute atomic E-state index is 11.9. The first-order valence-electron chi connectivity index (χ1n) is 7.36. The topological polar surface area (TPSA) is 80.2 Å². The molecule has 0 radical (unpaired) electrons. The molecule has 0 aromatic heterocycles. The maximum Gasteiger partial charge on any atom is 0.277 e. The number of aromatic hydroxyl groups is 1. The Balaban J connectivity index is 1.89. The third kappa shape index (κ3) is 5.72. The highest BCUT2D eigenvalue weighted by Gasteiger charge is 2.12. The van der Waals surface area contributed by atoms with Crippen LogP contribution in [0.4, 0.5) is 0 Å². The third-order valence-corrected chi connectivity index (χ3v) is 5.28. The first-order chi connectivity index (χ1) is 12.4. The van der Waals surface area contributed by atoms with Gasteiger partial charge in [-0.1, -0.05) is 15.9 Å². The number of ether oxygens (including phenoxy) is 2. The molecule has 26 heavy (non-hydrogen) atoms. The van der Waals surface area contributed by atoms with Crippen LogP contribution in [0.5, 0.6) is 5.75 Å². The van der Waals surface area contributed by atoms with Crippen LogP contribution in [0.1, 0.15) is 12.0 Å². The second-order valence-electron chi connectivity index (χ2n) is 4.98. The number of hydrogen-bond donors (Lipinski definition) is 2. The van der Waals surface area contributed by atoms with Crippen LogP contribution in [-0.2, 0) is 14.3 Å². The molecule has 0 unspecified atom stereocenters. The molecule has 1 aromatic carbocycles. The summed E-state index contributed by atoms with van der Waals surface area (Å²) in [4.78, 5) is 11.9. The second-order valence-corrected chi connectivity index (χ2v) is 7.49. The molecule has 138 valence electrons. The van der Waals surface area contributed by atoms with E-state index in [-0.39, 0.29) is 12.4 Å². The van der Waals surface area contributed by atoms with Gasteiger partial charge in [-0.15, -0.1) is 0 Å². The van der Waals surface area contributed by atoms with E-state index in [0.717, 1.165) is 5.76 Å². The molecule has 0 bridgehead atoms. The van der Waals surface area contributed by atoms with Crippen LogP contribution in [0.25, 0.3) is 0 Å². The Hall–Kier alpha value is -1.58. The minimum absolute atomic E-state index is 0.0421. The zero-order chi connectivity index (χ0) is 19.1. The van der Waals surface area contributed by atoms with Crippen molar-refractivity contribution < 1.29 is 19.4 Å². The van der Waals surface area contributed by atoms with E-state index in [4.69, 9.17) is 9.47 Å². The van der Waals surface area contributed by atoms with Crippen molar-refractivity contribution in [3.63, 3.8) is 0 Å². The second kappa shape index (κ2) is 9.94. The highest BCUT2D eigenvalue weighted by molar-refractivity contribution is 9.11. The number of allylic oxidation sites excluding steroid dienone is 4. The number of carbonyl (C=O) groups is 1. The monoisotopic (exact) mass is 548 g/mol. The van der Waals surface area contributed by atoms with Crippen LogP contribution in [0.3, 0.4) is 0 Å².